The molecule has 1 aromatic rings. The lowest BCUT2D eigenvalue weighted by Gasteiger charge is -2.48. The van der Waals surface area contributed by atoms with Gasteiger partial charge in [0.1, 0.15) is 0 Å². The zero-order valence-corrected chi connectivity index (χ0v) is 18.0. The Hall–Kier alpha value is -2.34. The number of nitrogens with one attached hydrogen (secondary N) is 2. The van der Waals surface area contributed by atoms with Gasteiger partial charge in [0.25, 0.3) is 0 Å². The number of carbonyl (C=O) groups excluding carboxylic acids is 1. The molecule has 6 nitrogen and oxygen atoms in total. The molecule has 0 unspecified atom stereocenters. The molecule has 0 fully saturated rings. The van der Waals surface area contributed by atoms with Crippen LogP contribution >= 0.6 is 0 Å². The van der Waals surface area contributed by atoms with Gasteiger partial charge in [-0.05, 0) is 63.1 Å². The Balaban J connectivity index is 2.04. The van der Waals surface area contributed by atoms with Crippen molar-refractivity contribution in [2.75, 3.05) is 6.54 Å². The second-order valence-corrected chi connectivity index (χ2v) is 9.20. The van der Waals surface area contributed by atoms with Gasteiger partial charge in [-0.2, -0.15) is 0 Å². The second-order valence-electron chi connectivity index (χ2n) is 9.20. The van der Waals surface area contributed by atoms with Crippen molar-refractivity contribution in [3.8, 4) is 0 Å². The molecule has 158 valence electrons. The van der Waals surface area contributed by atoms with Crippen molar-refractivity contribution >= 4 is 5.91 Å². The van der Waals surface area contributed by atoms with Gasteiger partial charge in [0, 0.05) is 35.4 Å². The Morgan fingerprint density at radius 1 is 1.38 bits per heavy atom. The Morgan fingerprint density at radius 2 is 2.10 bits per heavy atom. The number of hydrogen-bond donors (Lipinski definition) is 4. The number of H-pyrrole nitrogens is 1. The highest BCUT2D eigenvalue weighted by Crippen LogP contribution is 2.50. The summed E-state index contributed by atoms with van der Waals surface area (Å²) in [4.78, 5) is 28.1. The lowest BCUT2D eigenvalue weighted by molar-refractivity contribution is -0.123. The van der Waals surface area contributed by atoms with E-state index in [-0.39, 0.29) is 23.3 Å². The summed E-state index contributed by atoms with van der Waals surface area (Å²) >= 11 is 0. The molecule has 0 spiro atoms. The first-order valence-corrected chi connectivity index (χ1v) is 10.5. The zero-order chi connectivity index (χ0) is 21.3. The number of carbonyl (C=O) groups is 1. The van der Waals surface area contributed by atoms with Crippen LogP contribution in [0.5, 0.6) is 0 Å². The van der Waals surface area contributed by atoms with E-state index in [0.29, 0.717) is 31.7 Å². The molecule has 1 aromatic heterocycles. The van der Waals surface area contributed by atoms with E-state index >= 15 is 0 Å². The van der Waals surface area contributed by atoms with E-state index < -0.39 is 5.54 Å². The van der Waals surface area contributed by atoms with Crippen LogP contribution in [-0.4, -0.2) is 17.4 Å². The summed E-state index contributed by atoms with van der Waals surface area (Å²) in [6.45, 7) is 8.77. The third kappa shape index (κ3) is 4.17. The highest BCUT2D eigenvalue weighted by molar-refractivity contribution is 5.79. The first-order valence-electron chi connectivity index (χ1n) is 10.5. The van der Waals surface area contributed by atoms with Crippen LogP contribution in [0.25, 0.3) is 0 Å². The Kier molecular flexibility index (Phi) is 6.03. The van der Waals surface area contributed by atoms with Gasteiger partial charge in [0.2, 0.25) is 11.5 Å². The Morgan fingerprint density at radius 3 is 2.72 bits per heavy atom. The van der Waals surface area contributed by atoms with Gasteiger partial charge in [0.15, 0.2) is 0 Å². The van der Waals surface area contributed by atoms with Crippen molar-refractivity contribution in [2.45, 2.75) is 58.9 Å². The first-order chi connectivity index (χ1) is 13.7. The lowest BCUT2D eigenvalue weighted by atomic mass is 9.62. The van der Waals surface area contributed by atoms with E-state index in [1.165, 1.54) is 11.6 Å². The van der Waals surface area contributed by atoms with E-state index in [9.17, 15) is 9.59 Å². The maximum absolute atomic E-state index is 13.2. The fraction of sp³-hybridized carbons (Fsp3) is 0.565. The van der Waals surface area contributed by atoms with E-state index in [1.54, 1.807) is 0 Å². The average molecular weight is 399 g/mol. The standard InChI is InChI=1S/C23H34N4O2/c1-13(2)7-16(12-24)9-21(29)27-23-11-14(3)8-17(22(23)15(4)25)10-19-18(23)5-6-20(28)26-19/h5-6,8,13,16-17H,7,9-12,24-25H2,1-4H3,(H,26,28)(H,27,29)/b22-15-/t16-,17+,23+/m0/s1. The largest absolute Gasteiger partial charge is 0.402 e. The molecule has 6 N–H and O–H groups in total. The van der Waals surface area contributed by atoms with Crippen LogP contribution in [0, 0.1) is 17.8 Å². The molecule has 2 bridgehead atoms. The summed E-state index contributed by atoms with van der Waals surface area (Å²) in [7, 11) is 0. The quantitative estimate of drug-likeness (QED) is 0.551. The summed E-state index contributed by atoms with van der Waals surface area (Å²) in [5, 5.41) is 3.34. The highest BCUT2D eigenvalue weighted by atomic mass is 16.1. The molecule has 0 saturated carbocycles. The molecule has 0 radical (unpaired) electrons. The number of rotatable bonds is 6. The first kappa shape index (κ1) is 21.4. The van der Waals surface area contributed by atoms with Crippen LogP contribution in [0.1, 0.15) is 58.2 Å². The number of nitrogens with two attached hydrogens (primary N) is 2. The smallest absolute Gasteiger partial charge is 0.248 e. The Labute approximate surface area is 172 Å². The van der Waals surface area contributed by atoms with Crippen LogP contribution in [0.4, 0.5) is 0 Å². The molecular weight excluding hydrogens is 364 g/mol. The predicted molar refractivity (Wildman–Crippen MR) is 116 cm³/mol. The number of amides is 1. The summed E-state index contributed by atoms with van der Waals surface area (Å²) in [6, 6.07) is 3.38. The molecule has 1 heterocycles. The van der Waals surface area contributed by atoms with E-state index in [4.69, 9.17) is 11.5 Å². The fourth-order valence-electron chi connectivity index (χ4n) is 5.30. The molecule has 0 aromatic carbocycles. The minimum absolute atomic E-state index is 0.0210. The van der Waals surface area contributed by atoms with E-state index in [2.05, 4.69) is 37.1 Å². The summed E-state index contributed by atoms with van der Waals surface area (Å²) in [6.07, 6.45) is 4.85. The number of aromatic nitrogens is 1. The zero-order valence-electron chi connectivity index (χ0n) is 18.0. The van der Waals surface area contributed by atoms with Crippen LogP contribution in [0.2, 0.25) is 0 Å². The van der Waals surface area contributed by atoms with Gasteiger partial charge < -0.3 is 21.8 Å². The minimum atomic E-state index is -0.714. The molecule has 2 aliphatic rings. The highest BCUT2D eigenvalue weighted by Gasteiger charge is 2.48. The van der Waals surface area contributed by atoms with Crippen molar-refractivity contribution in [3.63, 3.8) is 0 Å². The van der Waals surface area contributed by atoms with Crippen molar-refractivity contribution in [3.05, 3.63) is 56.7 Å². The molecule has 29 heavy (non-hydrogen) atoms. The molecule has 3 rings (SSSR count). The minimum Gasteiger partial charge on any atom is -0.402 e. The molecule has 1 amide bonds. The third-order valence-corrected chi connectivity index (χ3v) is 6.13. The van der Waals surface area contributed by atoms with Crippen LogP contribution in [0.15, 0.2) is 39.8 Å². The monoisotopic (exact) mass is 398 g/mol. The van der Waals surface area contributed by atoms with Crippen molar-refractivity contribution in [1.29, 1.82) is 0 Å². The predicted octanol–water partition coefficient (Wildman–Crippen LogP) is 2.45. The van der Waals surface area contributed by atoms with Crippen LogP contribution in [0.3, 0.4) is 0 Å². The maximum Gasteiger partial charge on any atom is 0.248 e. The van der Waals surface area contributed by atoms with Crippen molar-refractivity contribution in [2.24, 2.45) is 29.2 Å². The summed E-state index contributed by atoms with van der Waals surface area (Å²) < 4.78 is 0. The molecular formula is C23H34N4O2. The van der Waals surface area contributed by atoms with Gasteiger partial charge in [-0.1, -0.05) is 25.5 Å². The topological polar surface area (TPSA) is 114 Å². The number of aromatic amines is 1. The number of allylic oxidation sites excluding steroid dienone is 2. The molecule has 0 aliphatic heterocycles. The second kappa shape index (κ2) is 8.19. The van der Waals surface area contributed by atoms with Gasteiger partial charge in [-0.3, -0.25) is 9.59 Å². The van der Waals surface area contributed by atoms with Crippen molar-refractivity contribution < 1.29 is 4.79 Å². The maximum atomic E-state index is 13.2. The molecule has 3 atom stereocenters. The summed E-state index contributed by atoms with van der Waals surface area (Å²) in [5.74, 6) is 0.682. The van der Waals surface area contributed by atoms with Crippen molar-refractivity contribution in [1.82, 2.24) is 10.3 Å². The van der Waals surface area contributed by atoms with E-state index in [1.807, 2.05) is 13.0 Å². The van der Waals surface area contributed by atoms with Crippen LogP contribution < -0.4 is 22.3 Å². The van der Waals surface area contributed by atoms with Crippen LogP contribution in [-0.2, 0) is 16.8 Å². The summed E-state index contributed by atoms with van der Waals surface area (Å²) in [5.41, 5.74) is 16.3. The van der Waals surface area contributed by atoms with Gasteiger partial charge in [-0.15, -0.1) is 0 Å². The molecule has 6 heteroatoms. The lowest BCUT2D eigenvalue weighted by Crippen LogP contribution is -2.54. The molecule has 2 aliphatic carbocycles. The Bertz CT molecular complexity index is 908. The number of pyridine rings is 1. The number of fused-ring (bicyclic) bond motifs is 4. The SMILES string of the molecule is CC1=C[C@@H]2Cc3[nH]c(=O)ccc3[C@](NC(=O)C[C@@H](CN)CC(C)C)(C1)/C2=C(/C)N. The number of hydrogen-bond acceptors (Lipinski definition) is 4. The van der Waals surface area contributed by atoms with Gasteiger partial charge in [-0.25, -0.2) is 0 Å². The van der Waals surface area contributed by atoms with Gasteiger partial charge >= 0.3 is 0 Å². The van der Waals surface area contributed by atoms with Gasteiger partial charge in [0.05, 0.1) is 5.54 Å². The average Bonchev–Trinajstić information content (AvgIpc) is 2.58. The normalized spacial score (nSPS) is 25.9. The van der Waals surface area contributed by atoms with E-state index in [0.717, 1.165) is 28.9 Å². The fourth-order valence-corrected chi connectivity index (χ4v) is 5.30. The molecule has 0 saturated heterocycles. The third-order valence-electron chi connectivity index (χ3n) is 6.13.